The van der Waals surface area contributed by atoms with E-state index in [1.54, 1.807) is 36.4 Å². The third-order valence-electron chi connectivity index (χ3n) is 8.50. The van der Waals surface area contributed by atoms with E-state index in [1.165, 1.54) is 24.3 Å². The summed E-state index contributed by atoms with van der Waals surface area (Å²) in [6, 6.07) is 16.4. The van der Waals surface area contributed by atoms with Gasteiger partial charge < -0.3 is 26.4 Å². The van der Waals surface area contributed by atoms with E-state index in [4.69, 9.17) is 5.73 Å². The number of hydrogen-bond acceptors (Lipinski definition) is 10. The number of amides is 3. The monoisotopic (exact) mass is 734 g/mol. The molecule has 0 saturated carbocycles. The Balaban J connectivity index is 1.31. The highest BCUT2D eigenvalue weighted by molar-refractivity contribution is 7.89. The first kappa shape index (κ1) is 37.5. The normalized spacial score (nSPS) is 16.4. The molecule has 0 bridgehead atoms. The highest BCUT2D eigenvalue weighted by Gasteiger charge is 2.42. The maximum atomic E-state index is 13.9. The number of likely N-dealkylation sites (tertiary alicyclic amines) is 1. The minimum absolute atomic E-state index is 0.0234. The van der Waals surface area contributed by atoms with Gasteiger partial charge in [0.1, 0.15) is 12.1 Å². The number of carbonyl (C=O) groups excluding carboxylic acids is 3. The largest absolute Gasteiger partial charge is 0.480 e. The fourth-order valence-corrected chi connectivity index (χ4v) is 6.94. The van der Waals surface area contributed by atoms with Crippen LogP contribution in [0.25, 0.3) is 16.5 Å². The number of carbonyl (C=O) groups is 4. The molecular weight excluding hydrogens is 696 g/mol. The minimum Gasteiger partial charge on any atom is -0.480 e. The van der Waals surface area contributed by atoms with Gasteiger partial charge in [0.2, 0.25) is 27.5 Å². The zero-order chi connectivity index (χ0) is 37.4. The number of rotatable bonds is 15. The van der Waals surface area contributed by atoms with Crippen LogP contribution in [0.15, 0.2) is 87.3 Å². The summed E-state index contributed by atoms with van der Waals surface area (Å²) in [6.07, 6.45) is 0.533. The van der Waals surface area contributed by atoms with E-state index in [9.17, 15) is 42.3 Å². The SMILES string of the molecule is NCCCC[C@@H](NC(=O)[C@@H]1C[C@@H](NC(=O)CCNS(=O)(=O)c2ccc3ccccc3c2)CN1C(=O)c1nn(-c2ccccc2)c(=O)[nH]c1=O)C(=O)O. The molecule has 18 heteroatoms. The number of nitrogens with one attached hydrogen (secondary N) is 4. The summed E-state index contributed by atoms with van der Waals surface area (Å²) < 4.78 is 29.1. The number of nitrogens with zero attached hydrogens (tertiary/aromatic N) is 3. The Hall–Kier alpha value is -5.72. The number of para-hydroxylation sites is 1. The Morgan fingerprint density at radius 3 is 2.40 bits per heavy atom. The second-order valence-electron chi connectivity index (χ2n) is 12.2. The molecule has 274 valence electrons. The molecule has 0 radical (unpaired) electrons. The van der Waals surface area contributed by atoms with Gasteiger partial charge in [0.25, 0.3) is 11.5 Å². The molecule has 1 aliphatic heterocycles. The lowest BCUT2D eigenvalue weighted by Gasteiger charge is -2.25. The number of hydrogen-bond donors (Lipinski definition) is 6. The Morgan fingerprint density at radius 2 is 1.69 bits per heavy atom. The summed E-state index contributed by atoms with van der Waals surface area (Å²) in [6.45, 7) is -0.226. The number of carboxylic acids is 1. The highest BCUT2D eigenvalue weighted by Crippen LogP contribution is 2.22. The molecule has 52 heavy (non-hydrogen) atoms. The van der Waals surface area contributed by atoms with Crippen molar-refractivity contribution in [1.29, 1.82) is 0 Å². The van der Waals surface area contributed by atoms with Crippen LogP contribution in [0.1, 0.15) is 42.6 Å². The predicted octanol–water partition coefficient (Wildman–Crippen LogP) is -0.160. The molecule has 1 aromatic heterocycles. The van der Waals surface area contributed by atoms with Gasteiger partial charge in [-0.1, -0.05) is 48.5 Å². The Morgan fingerprint density at radius 1 is 0.981 bits per heavy atom. The molecular formula is C34H38N8O9S. The number of fused-ring (bicyclic) bond motifs is 1. The first-order chi connectivity index (χ1) is 24.9. The van der Waals surface area contributed by atoms with Crippen LogP contribution in [0.2, 0.25) is 0 Å². The average Bonchev–Trinajstić information content (AvgIpc) is 3.54. The average molecular weight is 735 g/mol. The van der Waals surface area contributed by atoms with Crippen LogP contribution in [0.5, 0.6) is 0 Å². The number of unbranched alkanes of at least 4 members (excludes halogenated alkanes) is 1. The van der Waals surface area contributed by atoms with Crippen LogP contribution in [-0.2, 0) is 24.4 Å². The van der Waals surface area contributed by atoms with Crippen LogP contribution in [0, 0.1) is 0 Å². The van der Waals surface area contributed by atoms with Crippen molar-refractivity contribution in [1.82, 2.24) is 35.0 Å². The maximum absolute atomic E-state index is 13.9. The van der Waals surface area contributed by atoms with Crippen LogP contribution in [0.4, 0.5) is 0 Å². The summed E-state index contributed by atoms with van der Waals surface area (Å²) in [5.74, 6) is -3.79. The van der Waals surface area contributed by atoms with Gasteiger partial charge in [0, 0.05) is 25.6 Å². The van der Waals surface area contributed by atoms with Crippen molar-refractivity contribution in [2.75, 3.05) is 19.6 Å². The molecule has 1 saturated heterocycles. The van der Waals surface area contributed by atoms with E-state index in [0.29, 0.717) is 19.4 Å². The van der Waals surface area contributed by atoms with E-state index >= 15 is 0 Å². The molecule has 1 fully saturated rings. The van der Waals surface area contributed by atoms with Crippen molar-refractivity contribution in [3.63, 3.8) is 0 Å². The Labute approximate surface area is 297 Å². The van der Waals surface area contributed by atoms with Crippen LogP contribution in [0.3, 0.4) is 0 Å². The summed E-state index contributed by atoms with van der Waals surface area (Å²) >= 11 is 0. The van der Waals surface area contributed by atoms with Crippen molar-refractivity contribution >= 4 is 44.5 Å². The zero-order valence-electron chi connectivity index (χ0n) is 27.9. The predicted molar refractivity (Wildman–Crippen MR) is 188 cm³/mol. The molecule has 4 aromatic rings. The summed E-state index contributed by atoms with van der Waals surface area (Å²) in [7, 11) is -3.96. The van der Waals surface area contributed by atoms with Gasteiger partial charge in [-0.05, 0) is 67.3 Å². The maximum Gasteiger partial charge on any atom is 0.349 e. The number of benzene rings is 3. The third-order valence-corrected chi connectivity index (χ3v) is 9.96. The molecule has 0 spiro atoms. The lowest BCUT2D eigenvalue weighted by molar-refractivity contribution is -0.142. The molecule has 3 atom stereocenters. The van der Waals surface area contributed by atoms with Crippen molar-refractivity contribution in [3.8, 4) is 5.69 Å². The molecule has 7 N–H and O–H groups in total. The van der Waals surface area contributed by atoms with E-state index < -0.39 is 68.8 Å². The van der Waals surface area contributed by atoms with Gasteiger partial charge >= 0.3 is 11.7 Å². The van der Waals surface area contributed by atoms with Crippen LogP contribution < -0.4 is 32.3 Å². The number of aromatic amines is 1. The van der Waals surface area contributed by atoms with Gasteiger partial charge in [0.05, 0.1) is 10.6 Å². The zero-order valence-corrected chi connectivity index (χ0v) is 28.7. The summed E-state index contributed by atoms with van der Waals surface area (Å²) in [5, 5.41) is 20.4. The van der Waals surface area contributed by atoms with Gasteiger partial charge in [0.15, 0.2) is 0 Å². The lowest BCUT2D eigenvalue weighted by Crippen LogP contribution is -2.52. The third kappa shape index (κ3) is 8.95. The molecule has 2 heterocycles. The minimum atomic E-state index is -3.96. The Bertz CT molecular complexity index is 2190. The smallest absolute Gasteiger partial charge is 0.349 e. The standard InChI is InChI=1S/C34H38N8O9S/c35-16-7-6-12-26(33(47)48)38-30(44)27-19-23(20-41(27)32(46)29-31(45)39-34(49)42(40-29)24-10-2-1-3-11-24)37-28(43)15-17-36-52(50,51)25-14-13-21-8-4-5-9-22(21)18-25/h1-5,8-11,13-14,18,23,26-27,36H,6-7,12,15-17,19-20,35H2,(H,37,43)(H,38,44)(H,47,48)(H,39,45,49)/t23-,26-,27+/m1/s1. The van der Waals surface area contributed by atoms with Crippen molar-refractivity contribution in [2.24, 2.45) is 5.73 Å². The summed E-state index contributed by atoms with van der Waals surface area (Å²) in [5.41, 5.74) is 3.03. The number of carboxylic acid groups (broad SMARTS) is 1. The van der Waals surface area contributed by atoms with Crippen molar-refractivity contribution < 1.29 is 32.7 Å². The molecule has 1 aliphatic rings. The quantitative estimate of drug-likeness (QED) is 0.0875. The van der Waals surface area contributed by atoms with Gasteiger partial charge in [-0.15, -0.1) is 0 Å². The first-order valence-corrected chi connectivity index (χ1v) is 18.0. The molecule has 0 unspecified atom stereocenters. The molecule has 17 nitrogen and oxygen atoms in total. The number of sulfonamides is 1. The molecule has 5 rings (SSSR count). The van der Waals surface area contributed by atoms with Crippen LogP contribution >= 0.6 is 0 Å². The molecule has 3 amide bonds. The first-order valence-electron chi connectivity index (χ1n) is 16.5. The van der Waals surface area contributed by atoms with E-state index in [-0.39, 0.29) is 42.9 Å². The second-order valence-corrected chi connectivity index (χ2v) is 13.9. The van der Waals surface area contributed by atoms with Crippen molar-refractivity contribution in [2.45, 2.75) is 55.1 Å². The fourth-order valence-electron chi connectivity index (χ4n) is 5.87. The van der Waals surface area contributed by atoms with Gasteiger partial charge in [-0.3, -0.25) is 24.2 Å². The highest BCUT2D eigenvalue weighted by atomic mass is 32.2. The van der Waals surface area contributed by atoms with E-state index in [2.05, 4.69) is 25.4 Å². The Kier molecular flexibility index (Phi) is 11.9. The lowest BCUT2D eigenvalue weighted by atomic mass is 10.1. The fraction of sp³-hybridized carbons (Fsp3) is 0.324. The number of aliphatic carboxylic acids is 1. The van der Waals surface area contributed by atoms with Crippen molar-refractivity contribution in [3.05, 3.63) is 99.3 Å². The number of aromatic nitrogens is 3. The van der Waals surface area contributed by atoms with E-state index in [1.807, 2.05) is 12.1 Å². The number of H-pyrrole nitrogens is 1. The van der Waals surface area contributed by atoms with Gasteiger partial charge in [-0.25, -0.2) is 22.7 Å². The second kappa shape index (κ2) is 16.5. The van der Waals surface area contributed by atoms with Gasteiger partial charge in [-0.2, -0.15) is 9.78 Å². The van der Waals surface area contributed by atoms with E-state index in [0.717, 1.165) is 20.4 Å². The molecule has 3 aromatic carbocycles. The van der Waals surface area contributed by atoms with Crippen LogP contribution in [-0.4, -0.2) is 94.6 Å². The topological polar surface area (TPSA) is 256 Å². The number of nitrogens with two attached hydrogens (primary N) is 1. The summed E-state index contributed by atoms with van der Waals surface area (Å²) in [4.78, 5) is 80.8. The molecule has 0 aliphatic carbocycles.